The van der Waals surface area contributed by atoms with Crippen LogP contribution in [0.5, 0.6) is 0 Å². The molecule has 0 unspecified atom stereocenters. The molecule has 2 N–H and O–H groups in total. The van der Waals surface area contributed by atoms with Crippen LogP contribution >= 0.6 is 0 Å². The van der Waals surface area contributed by atoms with Gasteiger partial charge in [0.25, 0.3) is 11.8 Å². The van der Waals surface area contributed by atoms with Crippen LogP contribution in [-0.4, -0.2) is 96.6 Å². The molecule has 2 heterocycles. The molecule has 8 heteroatoms. The second kappa shape index (κ2) is 6.98. The van der Waals surface area contributed by atoms with Gasteiger partial charge in [0.05, 0.1) is 26.4 Å². The van der Waals surface area contributed by atoms with Gasteiger partial charge in [-0.05, 0) is 0 Å². The van der Waals surface area contributed by atoms with Crippen LogP contribution in [0, 0.1) is 0 Å². The average molecular weight is 288 g/mol. The van der Waals surface area contributed by atoms with E-state index in [4.69, 9.17) is 9.47 Å². The third-order valence-corrected chi connectivity index (χ3v) is 3.45. The number of carbonyl (C=O) groups excluding carboxylic acids is 2. The van der Waals surface area contributed by atoms with Crippen molar-refractivity contribution in [1.82, 2.24) is 9.80 Å². The molecule has 2 atom stereocenters. The zero-order valence-corrected chi connectivity index (χ0v) is 11.2. The van der Waals surface area contributed by atoms with E-state index in [1.807, 2.05) is 0 Å². The van der Waals surface area contributed by atoms with Gasteiger partial charge in [-0.25, -0.2) is 0 Å². The van der Waals surface area contributed by atoms with E-state index in [0.29, 0.717) is 52.6 Å². The van der Waals surface area contributed by atoms with Crippen molar-refractivity contribution in [2.24, 2.45) is 0 Å². The Morgan fingerprint density at radius 3 is 1.35 bits per heavy atom. The Balaban J connectivity index is 1.90. The summed E-state index contributed by atoms with van der Waals surface area (Å²) in [6.07, 6.45) is -3.47. The molecule has 114 valence electrons. The number of aliphatic hydroxyl groups excluding tert-OH is 2. The van der Waals surface area contributed by atoms with Crippen molar-refractivity contribution in [3.63, 3.8) is 0 Å². The lowest BCUT2D eigenvalue weighted by atomic mass is 10.1. The number of morpholine rings is 2. The van der Waals surface area contributed by atoms with Crippen molar-refractivity contribution in [3.05, 3.63) is 0 Å². The molecule has 2 amide bonds. The molecular weight excluding hydrogens is 268 g/mol. The number of hydrogen-bond acceptors (Lipinski definition) is 6. The van der Waals surface area contributed by atoms with Crippen molar-refractivity contribution in [2.45, 2.75) is 12.2 Å². The summed E-state index contributed by atoms with van der Waals surface area (Å²) >= 11 is 0. The number of rotatable bonds is 3. The van der Waals surface area contributed by atoms with Crippen LogP contribution in [0.25, 0.3) is 0 Å². The standard InChI is InChI=1S/C12H20N2O6/c15-9(11(17)13-1-5-19-6-2-13)10(16)12(18)14-3-7-20-8-4-14/h9-10,15-16H,1-8H2/t9-,10-/m1/s1. The molecule has 0 aliphatic carbocycles. The molecule has 0 spiro atoms. The molecule has 2 rings (SSSR count). The number of hydrogen-bond donors (Lipinski definition) is 2. The molecule has 0 saturated carbocycles. The van der Waals surface area contributed by atoms with Crippen LogP contribution < -0.4 is 0 Å². The molecule has 0 bridgehead atoms. The number of amides is 2. The highest BCUT2D eigenvalue weighted by molar-refractivity contribution is 5.90. The fraction of sp³-hybridized carbons (Fsp3) is 0.833. The fourth-order valence-corrected chi connectivity index (χ4v) is 2.21. The van der Waals surface area contributed by atoms with E-state index in [-0.39, 0.29) is 0 Å². The van der Waals surface area contributed by atoms with E-state index in [9.17, 15) is 19.8 Å². The summed E-state index contributed by atoms with van der Waals surface area (Å²) in [6, 6.07) is 0. The summed E-state index contributed by atoms with van der Waals surface area (Å²) < 4.78 is 10.2. The molecule has 0 aromatic rings. The molecule has 0 radical (unpaired) electrons. The van der Waals surface area contributed by atoms with Crippen LogP contribution in [0.3, 0.4) is 0 Å². The van der Waals surface area contributed by atoms with E-state index in [0.717, 1.165) is 0 Å². The first-order valence-electron chi connectivity index (χ1n) is 6.70. The molecule has 2 aliphatic heterocycles. The SMILES string of the molecule is O=C([C@H](O)[C@@H](O)C(=O)N1CCOCC1)N1CCOCC1. The second-order valence-corrected chi connectivity index (χ2v) is 4.76. The van der Waals surface area contributed by atoms with Gasteiger partial charge in [-0.3, -0.25) is 9.59 Å². The van der Waals surface area contributed by atoms with Crippen LogP contribution in [0.1, 0.15) is 0 Å². The van der Waals surface area contributed by atoms with E-state index in [1.165, 1.54) is 9.80 Å². The monoisotopic (exact) mass is 288 g/mol. The molecule has 0 aromatic heterocycles. The van der Waals surface area contributed by atoms with E-state index in [2.05, 4.69) is 0 Å². The van der Waals surface area contributed by atoms with E-state index >= 15 is 0 Å². The average Bonchev–Trinajstić information content (AvgIpc) is 2.53. The van der Waals surface area contributed by atoms with Crippen molar-refractivity contribution >= 4 is 11.8 Å². The molecular formula is C12H20N2O6. The van der Waals surface area contributed by atoms with Crippen LogP contribution in [0.15, 0.2) is 0 Å². The van der Waals surface area contributed by atoms with Crippen molar-refractivity contribution in [3.8, 4) is 0 Å². The number of carbonyl (C=O) groups is 2. The maximum absolute atomic E-state index is 12.0. The minimum atomic E-state index is -1.73. The summed E-state index contributed by atoms with van der Waals surface area (Å²) in [5.41, 5.74) is 0. The van der Waals surface area contributed by atoms with Gasteiger partial charge < -0.3 is 29.5 Å². The van der Waals surface area contributed by atoms with Gasteiger partial charge in [-0.1, -0.05) is 0 Å². The maximum atomic E-state index is 12.0. The lowest BCUT2D eigenvalue weighted by molar-refractivity contribution is -0.162. The quantitative estimate of drug-likeness (QED) is 0.592. The van der Waals surface area contributed by atoms with Gasteiger partial charge in [-0.15, -0.1) is 0 Å². The summed E-state index contributed by atoms with van der Waals surface area (Å²) in [5.74, 6) is -1.27. The Hall–Kier alpha value is -1.22. The highest BCUT2D eigenvalue weighted by atomic mass is 16.5. The molecule has 0 aromatic carbocycles. The minimum Gasteiger partial charge on any atom is -0.380 e. The summed E-state index contributed by atoms with van der Waals surface area (Å²) in [6.45, 7) is 3.00. The maximum Gasteiger partial charge on any atom is 0.254 e. The summed E-state index contributed by atoms with van der Waals surface area (Å²) in [5, 5.41) is 19.8. The fourth-order valence-electron chi connectivity index (χ4n) is 2.21. The van der Waals surface area contributed by atoms with E-state index < -0.39 is 24.0 Å². The highest BCUT2D eigenvalue weighted by Crippen LogP contribution is 2.08. The van der Waals surface area contributed by atoms with Crippen LogP contribution in [0.4, 0.5) is 0 Å². The Morgan fingerprint density at radius 1 is 0.750 bits per heavy atom. The van der Waals surface area contributed by atoms with Gasteiger partial charge in [0, 0.05) is 26.2 Å². The zero-order valence-electron chi connectivity index (χ0n) is 11.2. The van der Waals surface area contributed by atoms with Gasteiger partial charge in [0.1, 0.15) is 0 Å². The first kappa shape index (κ1) is 15.2. The first-order valence-corrected chi connectivity index (χ1v) is 6.70. The lowest BCUT2D eigenvalue weighted by Crippen LogP contribution is -2.55. The topological polar surface area (TPSA) is 99.5 Å². The Kier molecular flexibility index (Phi) is 5.30. The Labute approximate surface area is 116 Å². The third kappa shape index (κ3) is 3.45. The third-order valence-electron chi connectivity index (χ3n) is 3.45. The predicted molar refractivity (Wildman–Crippen MR) is 66.8 cm³/mol. The summed E-state index contributed by atoms with van der Waals surface area (Å²) in [4.78, 5) is 26.8. The van der Waals surface area contributed by atoms with Crippen LogP contribution in [0.2, 0.25) is 0 Å². The number of nitrogens with zero attached hydrogens (tertiary/aromatic N) is 2. The van der Waals surface area contributed by atoms with Gasteiger partial charge in [-0.2, -0.15) is 0 Å². The Bertz CT molecular complexity index is 318. The number of ether oxygens (including phenoxy) is 2. The van der Waals surface area contributed by atoms with Crippen LogP contribution in [-0.2, 0) is 19.1 Å². The van der Waals surface area contributed by atoms with E-state index in [1.54, 1.807) is 0 Å². The number of aliphatic hydroxyl groups is 2. The summed E-state index contributed by atoms with van der Waals surface area (Å²) in [7, 11) is 0. The van der Waals surface area contributed by atoms with Gasteiger partial charge in [0.15, 0.2) is 12.2 Å². The zero-order chi connectivity index (χ0) is 14.5. The smallest absolute Gasteiger partial charge is 0.254 e. The molecule has 2 aliphatic rings. The normalized spacial score (nSPS) is 23.3. The highest BCUT2D eigenvalue weighted by Gasteiger charge is 2.36. The molecule has 2 fully saturated rings. The first-order chi connectivity index (χ1) is 9.61. The van der Waals surface area contributed by atoms with Crippen molar-refractivity contribution < 1.29 is 29.3 Å². The molecule has 2 saturated heterocycles. The van der Waals surface area contributed by atoms with Crippen molar-refractivity contribution in [2.75, 3.05) is 52.6 Å². The van der Waals surface area contributed by atoms with Gasteiger partial charge >= 0.3 is 0 Å². The lowest BCUT2D eigenvalue weighted by Gasteiger charge is -2.32. The Morgan fingerprint density at radius 2 is 1.05 bits per heavy atom. The predicted octanol–water partition coefficient (Wildman–Crippen LogP) is -2.57. The largest absolute Gasteiger partial charge is 0.380 e. The second-order valence-electron chi connectivity index (χ2n) is 4.76. The molecule has 8 nitrogen and oxygen atoms in total. The van der Waals surface area contributed by atoms with Gasteiger partial charge in [0.2, 0.25) is 0 Å². The minimum absolute atomic E-state index is 0.356. The van der Waals surface area contributed by atoms with Crippen molar-refractivity contribution in [1.29, 1.82) is 0 Å². The molecule has 20 heavy (non-hydrogen) atoms.